The molecule has 2 rings (SSSR count). The largest absolute Gasteiger partial charge is 0.481 e. The molecule has 108 valence electrons. The minimum Gasteiger partial charge on any atom is -0.481 e. The van der Waals surface area contributed by atoms with Crippen molar-refractivity contribution in [3.8, 4) is 0 Å². The van der Waals surface area contributed by atoms with E-state index in [-0.39, 0.29) is 25.5 Å². The van der Waals surface area contributed by atoms with Crippen LogP contribution in [0, 0.1) is 12.7 Å². The number of halogens is 1. The zero-order chi connectivity index (χ0) is 14.7. The molecule has 1 aromatic carbocycles. The van der Waals surface area contributed by atoms with Gasteiger partial charge in [0, 0.05) is 18.7 Å². The minimum absolute atomic E-state index is 0.147. The first kappa shape index (κ1) is 14.5. The lowest BCUT2D eigenvalue weighted by atomic mass is 10.1. The van der Waals surface area contributed by atoms with E-state index >= 15 is 0 Å². The van der Waals surface area contributed by atoms with Gasteiger partial charge in [-0.15, -0.1) is 0 Å². The number of carboxylic acids is 1. The first-order chi connectivity index (χ1) is 9.49. The van der Waals surface area contributed by atoms with E-state index in [0.29, 0.717) is 17.7 Å². The number of carboxylic acid groups (broad SMARTS) is 1. The van der Waals surface area contributed by atoms with Crippen LogP contribution in [0.1, 0.15) is 22.3 Å². The third-order valence-corrected chi connectivity index (χ3v) is 3.33. The summed E-state index contributed by atoms with van der Waals surface area (Å²) >= 11 is 0. The number of nitrogens with zero attached hydrogens (tertiary/aromatic N) is 1. The van der Waals surface area contributed by atoms with E-state index in [0.717, 1.165) is 0 Å². The number of ether oxygens (including phenoxy) is 1. The zero-order valence-electron chi connectivity index (χ0n) is 11.1. The van der Waals surface area contributed by atoms with Crippen molar-refractivity contribution in [1.82, 2.24) is 4.90 Å². The Bertz CT molecular complexity index is 532. The fourth-order valence-corrected chi connectivity index (χ4v) is 2.23. The van der Waals surface area contributed by atoms with Crippen molar-refractivity contribution in [2.24, 2.45) is 0 Å². The molecule has 1 amide bonds. The molecule has 1 unspecified atom stereocenters. The van der Waals surface area contributed by atoms with Crippen molar-refractivity contribution < 1.29 is 23.8 Å². The van der Waals surface area contributed by atoms with Crippen molar-refractivity contribution in [3.05, 3.63) is 35.1 Å². The van der Waals surface area contributed by atoms with Crippen LogP contribution < -0.4 is 0 Å². The number of hydrogen-bond acceptors (Lipinski definition) is 3. The van der Waals surface area contributed by atoms with Crippen molar-refractivity contribution in [1.29, 1.82) is 0 Å². The molecule has 5 nitrogen and oxygen atoms in total. The number of amides is 1. The molecule has 0 aliphatic carbocycles. The molecule has 1 aliphatic heterocycles. The number of aliphatic carboxylic acids is 1. The third-order valence-electron chi connectivity index (χ3n) is 3.33. The van der Waals surface area contributed by atoms with Gasteiger partial charge in [-0.05, 0) is 24.6 Å². The van der Waals surface area contributed by atoms with E-state index in [9.17, 15) is 14.0 Å². The number of morpholine rings is 1. The van der Waals surface area contributed by atoms with Crippen molar-refractivity contribution in [2.75, 3.05) is 19.7 Å². The number of benzene rings is 1. The summed E-state index contributed by atoms with van der Waals surface area (Å²) in [5.74, 6) is -1.68. The number of rotatable bonds is 3. The molecule has 6 heteroatoms. The van der Waals surface area contributed by atoms with Gasteiger partial charge in [-0.3, -0.25) is 9.59 Å². The van der Waals surface area contributed by atoms with E-state index in [4.69, 9.17) is 9.84 Å². The van der Waals surface area contributed by atoms with Gasteiger partial charge < -0.3 is 14.7 Å². The molecule has 0 saturated carbocycles. The van der Waals surface area contributed by atoms with E-state index in [1.165, 1.54) is 17.0 Å². The summed E-state index contributed by atoms with van der Waals surface area (Å²) in [7, 11) is 0. The van der Waals surface area contributed by atoms with Gasteiger partial charge in [0.15, 0.2) is 0 Å². The van der Waals surface area contributed by atoms with Crippen LogP contribution in [0.3, 0.4) is 0 Å². The summed E-state index contributed by atoms with van der Waals surface area (Å²) in [4.78, 5) is 24.6. The maximum Gasteiger partial charge on any atom is 0.306 e. The van der Waals surface area contributed by atoms with Gasteiger partial charge >= 0.3 is 5.97 Å². The van der Waals surface area contributed by atoms with E-state index in [1.54, 1.807) is 13.0 Å². The Morgan fingerprint density at radius 1 is 1.50 bits per heavy atom. The summed E-state index contributed by atoms with van der Waals surface area (Å²) in [6.07, 6.45) is -0.662. The predicted molar refractivity (Wildman–Crippen MR) is 69.0 cm³/mol. The summed E-state index contributed by atoms with van der Waals surface area (Å²) < 4.78 is 18.8. The topological polar surface area (TPSA) is 66.8 Å². The Labute approximate surface area is 116 Å². The highest BCUT2D eigenvalue weighted by Crippen LogP contribution is 2.17. The van der Waals surface area contributed by atoms with Crippen LogP contribution in [-0.2, 0) is 9.53 Å². The van der Waals surface area contributed by atoms with Gasteiger partial charge in [-0.1, -0.05) is 6.07 Å². The Hall–Kier alpha value is -1.95. The number of hydrogen-bond donors (Lipinski definition) is 1. The summed E-state index contributed by atoms with van der Waals surface area (Å²) in [5, 5.41) is 8.76. The lowest BCUT2D eigenvalue weighted by molar-refractivity contribution is -0.141. The fourth-order valence-electron chi connectivity index (χ4n) is 2.23. The van der Waals surface area contributed by atoms with Crippen LogP contribution in [0.15, 0.2) is 18.2 Å². The summed E-state index contributed by atoms with van der Waals surface area (Å²) in [5.41, 5.74) is 0.611. The normalized spacial score (nSPS) is 18.9. The molecule has 1 fully saturated rings. The molecule has 0 bridgehead atoms. The second-order valence-electron chi connectivity index (χ2n) is 4.75. The van der Waals surface area contributed by atoms with Gasteiger partial charge in [0.1, 0.15) is 5.82 Å². The van der Waals surface area contributed by atoms with Crippen molar-refractivity contribution in [2.45, 2.75) is 19.4 Å². The van der Waals surface area contributed by atoms with E-state index in [1.807, 2.05) is 0 Å². The van der Waals surface area contributed by atoms with Crippen molar-refractivity contribution in [3.63, 3.8) is 0 Å². The predicted octanol–water partition coefficient (Wildman–Crippen LogP) is 1.45. The molecule has 1 saturated heterocycles. The van der Waals surface area contributed by atoms with E-state index in [2.05, 4.69) is 0 Å². The van der Waals surface area contributed by atoms with Gasteiger partial charge in [-0.2, -0.15) is 0 Å². The quantitative estimate of drug-likeness (QED) is 0.910. The number of carbonyl (C=O) groups is 2. The number of carbonyl (C=O) groups excluding carboxylic acids is 1. The van der Waals surface area contributed by atoms with E-state index < -0.39 is 17.9 Å². The molecule has 1 heterocycles. The Morgan fingerprint density at radius 2 is 2.25 bits per heavy atom. The molecule has 1 N–H and O–H groups in total. The lowest BCUT2D eigenvalue weighted by Crippen LogP contribution is -2.46. The fraction of sp³-hybridized carbons (Fsp3) is 0.429. The standard InChI is InChI=1S/C14H16FNO4/c1-9-11(3-2-4-12(9)15)14(19)16-5-6-20-10(8-16)7-13(17)18/h2-4,10H,5-8H2,1H3,(H,17,18). The second kappa shape index (κ2) is 6.00. The van der Waals surface area contributed by atoms with Crippen LogP contribution in [0.5, 0.6) is 0 Å². The summed E-state index contributed by atoms with van der Waals surface area (Å²) in [6.45, 7) is 2.43. The Kier molecular flexibility index (Phi) is 4.34. The van der Waals surface area contributed by atoms with Crippen molar-refractivity contribution >= 4 is 11.9 Å². The molecule has 0 aromatic heterocycles. The molecule has 1 aromatic rings. The summed E-state index contributed by atoms with van der Waals surface area (Å²) in [6, 6.07) is 4.37. The lowest BCUT2D eigenvalue weighted by Gasteiger charge is -2.32. The van der Waals surface area contributed by atoms with Crippen LogP contribution >= 0.6 is 0 Å². The van der Waals surface area contributed by atoms with Crippen LogP contribution in [0.4, 0.5) is 4.39 Å². The molecule has 1 atom stereocenters. The first-order valence-corrected chi connectivity index (χ1v) is 6.37. The smallest absolute Gasteiger partial charge is 0.306 e. The van der Waals surface area contributed by atoms with Gasteiger partial charge in [0.2, 0.25) is 0 Å². The third kappa shape index (κ3) is 3.14. The molecule has 1 aliphatic rings. The van der Waals surface area contributed by atoms with Gasteiger partial charge in [0.05, 0.1) is 19.1 Å². The minimum atomic E-state index is -0.966. The SMILES string of the molecule is Cc1c(F)cccc1C(=O)N1CCOC(CC(=O)O)C1. The second-order valence-corrected chi connectivity index (χ2v) is 4.75. The average Bonchev–Trinajstić information content (AvgIpc) is 2.41. The molecular weight excluding hydrogens is 265 g/mol. The maximum absolute atomic E-state index is 13.5. The molecule has 0 spiro atoms. The zero-order valence-corrected chi connectivity index (χ0v) is 11.1. The van der Waals surface area contributed by atoms with Crippen LogP contribution in [-0.4, -0.2) is 47.7 Å². The average molecular weight is 281 g/mol. The monoisotopic (exact) mass is 281 g/mol. The highest BCUT2D eigenvalue weighted by Gasteiger charge is 2.27. The van der Waals surface area contributed by atoms with Crippen LogP contribution in [0.2, 0.25) is 0 Å². The highest BCUT2D eigenvalue weighted by atomic mass is 19.1. The Morgan fingerprint density at radius 3 is 2.95 bits per heavy atom. The highest BCUT2D eigenvalue weighted by molar-refractivity contribution is 5.95. The van der Waals surface area contributed by atoms with Gasteiger partial charge in [0.25, 0.3) is 5.91 Å². The molecular formula is C14H16FNO4. The van der Waals surface area contributed by atoms with Crippen LogP contribution in [0.25, 0.3) is 0 Å². The molecule has 20 heavy (non-hydrogen) atoms. The van der Waals surface area contributed by atoms with Gasteiger partial charge in [-0.25, -0.2) is 4.39 Å². The maximum atomic E-state index is 13.5. The Balaban J connectivity index is 2.12. The first-order valence-electron chi connectivity index (χ1n) is 6.37. The molecule has 0 radical (unpaired) electrons.